The van der Waals surface area contributed by atoms with Crippen LogP contribution in [0.2, 0.25) is 5.02 Å². The predicted octanol–water partition coefficient (Wildman–Crippen LogP) is 2.72. The third kappa shape index (κ3) is 3.92. The molecule has 0 bridgehead atoms. The molecule has 0 aliphatic rings. The first-order valence-corrected chi connectivity index (χ1v) is 5.53. The molecule has 0 heterocycles. The van der Waals surface area contributed by atoms with Crippen LogP contribution in [0.25, 0.3) is 0 Å². The first-order chi connectivity index (χ1) is 7.13. The monoisotopic (exact) mass is 225 g/mol. The third-order valence-electron chi connectivity index (χ3n) is 2.17. The van der Waals surface area contributed by atoms with E-state index in [4.69, 9.17) is 11.6 Å². The fourth-order valence-electron chi connectivity index (χ4n) is 1.26. The van der Waals surface area contributed by atoms with Gasteiger partial charge in [0.25, 0.3) is 0 Å². The molecular formula is C12H16ClNO. The molecule has 1 rings (SSSR count). The normalized spacial score (nSPS) is 10.1. The zero-order valence-electron chi connectivity index (χ0n) is 9.14. The molecule has 3 heteroatoms. The van der Waals surface area contributed by atoms with Crippen molar-refractivity contribution >= 4 is 17.5 Å². The highest BCUT2D eigenvalue weighted by Gasteiger charge is 2.03. The second-order valence-electron chi connectivity index (χ2n) is 3.61. The van der Waals surface area contributed by atoms with Crippen LogP contribution in [0.1, 0.15) is 24.5 Å². The van der Waals surface area contributed by atoms with Gasteiger partial charge in [-0.25, -0.2) is 0 Å². The molecule has 1 N–H and O–H groups in total. The van der Waals surface area contributed by atoms with Crippen LogP contribution in [0, 0.1) is 6.92 Å². The highest BCUT2D eigenvalue weighted by atomic mass is 35.5. The van der Waals surface area contributed by atoms with E-state index >= 15 is 0 Å². The molecule has 82 valence electrons. The summed E-state index contributed by atoms with van der Waals surface area (Å²) in [5, 5.41) is 3.55. The maximum atomic E-state index is 11.4. The molecule has 2 nitrogen and oxygen atoms in total. The zero-order valence-corrected chi connectivity index (χ0v) is 9.90. The number of rotatable bonds is 4. The molecule has 0 unspecified atom stereocenters. The van der Waals surface area contributed by atoms with Gasteiger partial charge in [0.05, 0.1) is 6.42 Å². The van der Waals surface area contributed by atoms with Crippen molar-refractivity contribution in [1.29, 1.82) is 0 Å². The van der Waals surface area contributed by atoms with Crippen molar-refractivity contribution in [2.45, 2.75) is 26.7 Å². The molecule has 0 radical (unpaired) electrons. The summed E-state index contributed by atoms with van der Waals surface area (Å²) >= 11 is 5.97. The van der Waals surface area contributed by atoms with Crippen molar-refractivity contribution in [1.82, 2.24) is 5.32 Å². The van der Waals surface area contributed by atoms with Gasteiger partial charge in [0, 0.05) is 11.6 Å². The van der Waals surface area contributed by atoms with Crippen molar-refractivity contribution in [3.63, 3.8) is 0 Å². The number of benzene rings is 1. The van der Waals surface area contributed by atoms with E-state index < -0.39 is 0 Å². The van der Waals surface area contributed by atoms with Gasteiger partial charge in [-0.15, -0.1) is 0 Å². The van der Waals surface area contributed by atoms with Gasteiger partial charge in [0.2, 0.25) is 5.91 Å². The Morgan fingerprint density at radius 2 is 2.20 bits per heavy atom. The van der Waals surface area contributed by atoms with Crippen LogP contribution in [0.15, 0.2) is 18.2 Å². The molecule has 1 amide bonds. The Labute approximate surface area is 95.6 Å². The summed E-state index contributed by atoms with van der Waals surface area (Å²) in [6.07, 6.45) is 1.36. The van der Waals surface area contributed by atoms with Crippen molar-refractivity contribution < 1.29 is 4.79 Å². The maximum absolute atomic E-state index is 11.4. The summed E-state index contributed by atoms with van der Waals surface area (Å²) in [5.74, 6) is 0.0526. The lowest BCUT2D eigenvalue weighted by atomic mass is 10.1. The number of nitrogens with one attached hydrogen (secondary N) is 1. The Morgan fingerprint density at radius 1 is 1.47 bits per heavy atom. The number of amides is 1. The molecule has 0 saturated carbocycles. The Hall–Kier alpha value is -1.02. The van der Waals surface area contributed by atoms with Crippen LogP contribution in [-0.2, 0) is 11.2 Å². The molecule has 0 aliphatic heterocycles. The minimum Gasteiger partial charge on any atom is -0.356 e. The van der Waals surface area contributed by atoms with Crippen molar-refractivity contribution in [2.75, 3.05) is 6.54 Å². The number of hydrogen-bond donors (Lipinski definition) is 1. The molecule has 0 spiro atoms. The van der Waals surface area contributed by atoms with E-state index in [2.05, 4.69) is 5.32 Å². The number of aryl methyl sites for hydroxylation is 1. The number of carbonyl (C=O) groups excluding carboxylic acids is 1. The minimum absolute atomic E-state index is 0.0526. The van der Waals surface area contributed by atoms with E-state index in [0.717, 1.165) is 29.1 Å². The van der Waals surface area contributed by atoms with E-state index in [0.29, 0.717) is 6.42 Å². The summed E-state index contributed by atoms with van der Waals surface area (Å²) in [6, 6.07) is 5.72. The largest absolute Gasteiger partial charge is 0.356 e. The minimum atomic E-state index is 0.0526. The first kappa shape index (κ1) is 12.1. The van der Waals surface area contributed by atoms with E-state index in [1.807, 2.05) is 32.0 Å². The third-order valence-corrected chi connectivity index (χ3v) is 2.58. The van der Waals surface area contributed by atoms with Gasteiger partial charge in [-0.1, -0.05) is 30.7 Å². The van der Waals surface area contributed by atoms with Gasteiger partial charge in [-0.05, 0) is 30.5 Å². The molecule has 0 aliphatic carbocycles. The summed E-state index contributed by atoms with van der Waals surface area (Å²) in [6.45, 7) is 4.71. The predicted molar refractivity (Wildman–Crippen MR) is 63.2 cm³/mol. The van der Waals surface area contributed by atoms with E-state index in [9.17, 15) is 4.79 Å². The van der Waals surface area contributed by atoms with Crippen molar-refractivity contribution in [3.05, 3.63) is 34.3 Å². The molecular weight excluding hydrogens is 210 g/mol. The van der Waals surface area contributed by atoms with Crippen LogP contribution >= 0.6 is 11.6 Å². The van der Waals surface area contributed by atoms with Crippen LogP contribution in [-0.4, -0.2) is 12.5 Å². The summed E-state index contributed by atoms with van der Waals surface area (Å²) in [7, 11) is 0. The molecule has 1 aromatic carbocycles. The van der Waals surface area contributed by atoms with Gasteiger partial charge in [-0.3, -0.25) is 4.79 Å². The second-order valence-corrected chi connectivity index (χ2v) is 4.02. The lowest BCUT2D eigenvalue weighted by Crippen LogP contribution is -2.25. The fraction of sp³-hybridized carbons (Fsp3) is 0.417. The topological polar surface area (TPSA) is 29.1 Å². The standard InChI is InChI=1S/C12H16ClNO/c1-3-6-14-12(15)8-10-5-4-9(2)11(13)7-10/h4-5,7H,3,6,8H2,1-2H3,(H,14,15). The number of halogens is 1. The van der Waals surface area contributed by atoms with Gasteiger partial charge in [0.1, 0.15) is 0 Å². The Morgan fingerprint density at radius 3 is 2.80 bits per heavy atom. The average Bonchev–Trinajstić information content (AvgIpc) is 2.20. The first-order valence-electron chi connectivity index (χ1n) is 5.15. The second kappa shape index (κ2) is 5.76. The van der Waals surface area contributed by atoms with Crippen LogP contribution in [0.3, 0.4) is 0 Å². The van der Waals surface area contributed by atoms with Crippen LogP contribution in [0.5, 0.6) is 0 Å². The lowest BCUT2D eigenvalue weighted by molar-refractivity contribution is -0.120. The van der Waals surface area contributed by atoms with Crippen LogP contribution < -0.4 is 5.32 Å². The van der Waals surface area contributed by atoms with E-state index in [-0.39, 0.29) is 5.91 Å². The molecule has 0 aromatic heterocycles. The molecule has 1 aromatic rings. The molecule has 0 atom stereocenters. The zero-order chi connectivity index (χ0) is 11.3. The lowest BCUT2D eigenvalue weighted by Gasteiger charge is -2.05. The number of hydrogen-bond acceptors (Lipinski definition) is 1. The molecule has 0 saturated heterocycles. The fourth-order valence-corrected chi connectivity index (χ4v) is 1.46. The molecule has 0 fully saturated rings. The van der Waals surface area contributed by atoms with Gasteiger partial charge < -0.3 is 5.32 Å². The maximum Gasteiger partial charge on any atom is 0.224 e. The quantitative estimate of drug-likeness (QED) is 0.839. The highest BCUT2D eigenvalue weighted by Crippen LogP contribution is 2.16. The summed E-state index contributed by atoms with van der Waals surface area (Å²) < 4.78 is 0. The Kier molecular flexibility index (Phi) is 4.63. The summed E-state index contributed by atoms with van der Waals surface area (Å²) in [4.78, 5) is 11.4. The van der Waals surface area contributed by atoms with Gasteiger partial charge in [0.15, 0.2) is 0 Å². The van der Waals surface area contributed by atoms with Gasteiger partial charge in [-0.2, -0.15) is 0 Å². The Balaban J connectivity index is 2.57. The van der Waals surface area contributed by atoms with Gasteiger partial charge >= 0.3 is 0 Å². The Bertz CT molecular complexity index is 349. The van der Waals surface area contributed by atoms with E-state index in [1.165, 1.54) is 0 Å². The van der Waals surface area contributed by atoms with Crippen LogP contribution in [0.4, 0.5) is 0 Å². The van der Waals surface area contributed by atoms with Crippen molar-refractivity contribution in [2.24, 2.45) is 0 Å². The average molecular weight is 226 g/mol. The number of carbonyl (C=O) groups is 1. The van der Waals surface area contributed by atoms with E-state index in [1.54, 1.807) is 0 Å². The van der Waals surface area contributed by atoms with Crippen molar-refractivity contribution in [3.8, 4) is 0 Å². The smallest absolute Gasteiger partial charge is 0.224 e. The highest BCUT2D eigenvalue weighted by molar-refractivity contribution is 6.31. The summed E-state index contributed by atoms with van der Waals surface area (Å²) in [5.41, 5.74) is 1.99. The molecule has 15 heavy (non-hydrogen) atoms. The SMILES string of the molecule is CCCNC(=O)Cc1ccc(C)c(Cl)c1.